The lowest BCUT2D eigenvalue weighted by molar-refractivity contribution is 0.251. The van der Waals surface area contributed by atoms with E-state index in [-0.39, 0.29) is 6.54 Å². The summed E-state index contributed by atoms with van der Waals surface area (Å²) in [6, 6.07) is 17.2. The Hall–Kier alpha value is -2.62. The molecule has 2 amide bonds. The van der Waals surface area contributed by atoms with Gasteiger partial charge in [-0.2, -0.15) is 0 Å². The summed E-state index contributed by atoms with van der Waals surface area (Å²) in [6.07, 6.45) is 0. The van der Waals surface area contributed by atoms with E-state index in [1.165, 1.54) is 11.8 Å². The van der Waals surface area contributed by atoms with E-state index in [0.717, 1.165) is 11.3 Å². The van der Waals surface area contributed by atoms with Crippen LogP contribution in [0.2, 0.25) is 20.1 Å². The SMILES string of the molecule is COc1cccc(CSc2nnc(CNC(=O)Nc3ccc(Cl)c(Cl)c3)n2-c2cc(Cl)ccc2Cl)c1. The monoisotopic (exact) mass is 581 g/mol. The highest BCUT2D eigenvalue weighted by Gasteiger charge is 2.18. The van der Waals surface area contributed by atoms with Gasteiger partial charge in [-0.25, -0.2) is 4.79 Å². The van der Waals surface area contributed by atoms with Crippen molar-refractivity contribution in [1.29, 1.82) is 0 Å². The quantitative estimate of drug-likeness (QED) is 0.210. The maximum absolute atomic E-state index is 12.5. The van der Waals surface area contributed by atoms with Crippen LogP contribution in [0.4, 0.5) is 10.5 Å². The first kappa shape index (κ1) is 26.4. The minimum atomic E-state index is -0.453. The Morgan fingerprint density at radius 1 is 0.972 bits per heavy atom. The van der Waals surface area contributed by atoms with Gasteiger partial charge in [0.15, 0.2) is 11.0 Å². The number of carbonyl (C=O) groups is 1. The van der Waals surface area contributed by atoms with Crippen molar-refractivity contribution >= 4 is 69.9 Å². The predicted octanol–water partition coefficient (Wildman–Crippen LogP) is 7.50. The van der Waals surface area contributed by atoms with E-state index in [4.69, 9.17) is 51.1 Å². The van der Waals surface area contributed by atoms with Crippen molar-refractivity contribution in [2.45, 2.75) is 17.5 Å². The number of thioether (sulfide) groups is 1. The summed E-state index contributed by atoms with van der Waals surface area (Å²) >= 11 is 26.2. The van der Waals surface area contributed by atoms with Crippen molar-refractivity contribution in [2.24, 2.45) is 0 Å². The molecule has 186 valence electrons. The van der Waals surface area contributed by atoms with Crippen LogP contribution in [0.1, 0.15) is 11.4 Å². The molecular formula is C24H19Cl4N5O2S. The number of amides is 2. The molecule has 0 atom stereocenters. The van der Waals surface area contributed by atoms with E-state index < -0.39 is 6.03 Å². The first-order valence-electron chi connectivity index (χ1n) is 10.5. The van der Waals surface area contributed by atoms with E-state index >= 15 is 0 Å². The Balaban J connectivity index is 1.55. The van der Waals surface area contributed by atoms with Gasteiger partial charge >= 0.3 is 6.03 Å². The number of anilines is 1. The number of nitrogens with one attached hydrogen (secondary N) is 2. The van der Waals surface area contributed by atoms with E-state index in [9.17, 15) is 4.79 Å². The van der Waals surface area contributed by atoms with Crippen LogP contribution in [-0.4, -0.2) is 27.9 Å². The van der Waals surface area contributed by atoms with Crippen LogP contribution in [0.5, 0.6) is 5.75 Å². The molecule has 0 aliphatic rings. The number of rotatable bonds is 8. The van der Waals surface area contributed by atoms with Gasteiger partial charge in [-0.1, -0.05) is 70.3 Å². The molecule has 4 aromatic rings. The predicted molar refractivity (Wildman–Crippen MR) is 146 cm³/mol. The number of hydrogen-bond acceptors (Lipinski definition) is 5. The fourth-order valence-corrected chi connectivity index (χ4v) is 4.80. The molecule has 0 radical (unpaired) electrons. The summed E-state index contributed by atoms with van der Waals surface area (Å²) in [5.74, 6) is 1.85. The van der Waals surface area contributed by atoms with Crippen LogP contribution in [0, 0.1) is 0 Å². The molecule has 0 saturated carbocycles. The fourth-order valence-electron chi connectivity index (χ4n) is 3.23. The Morgan fingerprint density at radius 2 is 1.78 bits per heavy atom. The highest BCUT2D eigenvalue weighted by Crippen LogP contribution is 2.31. The minimum Gasteiger partial charge on any atom is -0.497 e. The van der Waals surface area contributed by atoms with Crippen molar-refractivity contribution in [3.05, 3.63) is 92.1 Å². The topological polar surface area (TPSA) is 81.1 Å². The van der Waals surface area contributed by atoms with Gasteiger partial charge in [0, 0.05) is 16.5 Å². The number of aromatic nitrogens is 3. The van der Waals surface area contributed by atoms with Gasteiger partial charge in [0.1, 0.15) is 5.75 Å². The Morgan fingerprint density at radius 3 is 2.56 bits per heavy atom. The summed E-state index contributed by atoms with van der Waals surface area (Å²) < 4.78 is 7.08. The fraction of sp³-hybridized carbons (Fsp3) is 0.125. The number of benzene rings is 3. The smallest absolute Gasteiger partial charge is 0.319 e. The van der Waals surface area contributed by atoms with Gasteiger partial charge in [0.05, 0.1) is 34.4 Å². The molecule has 36 heavy (non-hydrogen) atoms. The average Bonchev–Trinajstić information content (AvgIpc) is 3.28. The number of hydrogen-bond donors (Lipinski definition) is 2. The molecule has 0 spiro atoms. The number of urea groups is 1. The molecule has 0 unspecified atom stereocenters. The standard InChI is InChI=1S/C24H19Cl4N5O2S/c1-35-17-4-2-3-14(9-17)13-36-24-32-31-22(33(24)21-10-15(25)5-7-19(21)27)12-29-23(34)30-16-6-8-18(26)20(28)11-16/h2-11H,12-13H2,1H3,(H2,29,30,34). The highest BCUT2D eigenvalue weighted by atomic mass is 35.5. The van der Waals surface area contributed by atoms with Crippen molar-refractivity contribution in [3.8, 4) is 11.4 Å². The maximum atomic E-state index is 12.5. The second-order valence-corrected chi connectivity index (χ2v) is 10.0. The zero-order chi connectivity index (χ0) is 25.7. The molecule has 1 heterocycles. The summed E-state index contributed by atoms with van der Waals surface area (Å²) in [4.78, 5) is 12.5. The molecule has 2 N–H and O–H groups in total. The van der Waals surface area contributed by atoms with Crippen LogP contribution in [0.3, 0.4) is 0 Å². The molecule has 4 rings (SSSR count). The lowest BCUT2D eigenvalue weighted by atomic mass is 10.2. The van der Waals surface area contributed by atoms with Crippen molar-refractivity contribution < 1.29 is 9.53 Å². The third-order valence-electron chi connectivity index (χ3n) is 4.94. The van der Waals surface area contributed by atoms with E-state index in [2.05, 4.69) is 20.8 Å². The van der Waals surface area contributed by atoms with Gasteiger partial charge in [-0.3, -0.25) is 4.57 Å². The van der Waals surface area contributed by atoms with E-state index in [1.54, 1.807) is 48.1 Å². The van der Waals surface area contributed by atoms with Crippen LogP contribution in [0.15, 0.2) is 65.8 Å². The Bertz CT molecular complexity index is 1400. The van der Waals surface area contributed by atoms with Crippen LogP contribution in [-0.2, 0) is 12.3 Å². The van der Waals surface area contributed by atoms with Crippen LogP contribution >= 0.6 is 58.2 Å². The lowest BCUT2D eigenvalue weighted by Crippen LogP contribution is -2.29. The maximum Gasteiger partial charge on any atom is 0.319 e. The Labute approximate surface area is 232 Å². The molecule has 0 saturated heterocycles. The second kappa shape index (κ2) is 12.1. The molecule has 0 aliphatic heterocycles. The zero-order valence-electron chi connectivity index (χ0n) is 18.8. The lowest BCUT2D eigenvalue weighted by Gasteiger charge is -2.13. The summed E-state index contributed by atoms with van der Waals surface area (Å²) in [5.41, 5.74) is 2.14. The molecule has 0 fully saturated rings. The number of carbonyl (C=O) groups excluding carboxylic acids is 1. The van der Waals surface area contributed by atoms with Gasteiger partial charge in [0.25, 0.3) is 0 Å². The third-order valence-corrected chi connectivity index (χ3v) is 7.23. The van der Waals surface area contributed by atoms with Crippen molar-refractivity contribution in [2.75, 3.05) is 12.4 Å². The van der Waals surface area contributed by atoms with E-state index in [1.807, 2.05) is 24.3 Å². The molecule has 1 aromatic heterocycles. The zero-order valence-corrected chi connectivity index (χ0v) is 22.6. The summed E-state index contributed by atoms with van der Waals surface area (Å²) in [5, 5.41) is 16.4. The van der Waals surface area contributed by atoms with Gasteiger partial charge < -0.3 is 15.4 Å². The summed E-state index contributed by atoms with van der Waals surface area (Å²) in [7, 11) is 1.63. The number of methoxy groups -OCH3 is 1. The van der Waals surface area contributed by atoms with Crippen LogP contribution < -0.4 is 15.4 Å². The van der Waals surface area contributed by atoms with E-state index in [0.29, 0.717) is 48.2 Å². The minimum absolute atomic E-state index is 0.0721. The van der Waals surface area contributed by atoms with Gasteiger partial charge in [-0.15, -0.1) is 10.2 Å². The van der Waals surface area contributed by atoms with Gasteiger partial charge in [0.2, 0.25) is 0 Å². The highest BCUT2D eigenvalue weighted by molar-refractivity contribution is 7.98. The summed E-state index contributed by atoms with van der Waals surface area (Å²) in [6.45, 7) is 0.0721. The van der Waals surface area contributed by atoms with Crippen molar-refractivity contribution in [3.63, 3.8) is 0 Å². The normalized spacial score (nSPS) is 10.8. The number of nitrogens with zero attached hydrogens (tertiary/aromatic N) is 3. The molecular weight excluding hydrogens is 564 g/mol. The Kier molecular flexibility index (Phi) is 8.87. The molecule has 7 nitrogen and oxygen atoms in total. The second-order valence-electron chi connectivity index (χ2n) is 7.41. The molecule has 0 aliphatic carbocycles. The first-order chi connectivity index (χ1) is 17.3. The molecule has 0 bridgehead atoms. The average molecular weight is 583 g/mol. The largest absolute Gasteiger partial charge is 0.497 e. The van der Waals surface area contributed by atoms with Gasteiger partial charge in [-0.05, 0) is 54.1 Å². The van der Waals surface area contributed by atoms with Crippen LogP contribution in [0.25, 0.3) is 5.69 Å². The van der Waals surface area contributed by atoms with Crippen molar-refractivity contribution in [1.82, 2.24) is 20.1 Å². The number of halogens is 4. The third kappa shape index (κ3) is 6.57. The first-order valence-corrected chi connectivity index (χ1v) is 13.0. The number of ether oxygens (including phenoxy) is 1. The molecule has 12 heteroatoms. The molecule has 3 aromatic carbocycles.